The van der Waals surface area contributed by atoms with Crippen molar-refractivity contribution in [3.8, 4) is 0 Å². The highest BCUT2D eigenvalue weighted by molar-refractivity contribution is 5.10. The molecule has 0 rings (SSSR count). The Hall–Kier alpha value is -0.120. The molecule has 1 atom stereocenters. The van der Waals surface area contributed by atoms with E-state index in [9.17, 15) is 5.11 Å². The van der Waals surface area contributed by atoms with E-state index in [0.717, 1.165) is 19.3 Å². The van der Waals surface area contributed by atoms with Crippen LogP contribution in [0.25, 0.3) is 0 Å². The van der Waals surface area contributed by atoms with Crippen LogP contribution in [0.4, 0.5) is 0 Å². The van der Waals surface area contributed by atoms with Crippen LogP contribution in [0.5, 0.6) is 0 Å². The maximum Gasteiger partial charge on any atom is 0.0609 e. The fraction of sp³-hybridized carbons (Fsp3) is 1.00. The van der Waals surface area contributed by atoms with E-state index in [1.54, 1.807) is 0 Å². The molecule has 0 aromatic heterocycles. The van der Waals surface area contributed by atoms with E-state index in [1.165, 1.54) is 0 Å². The van der Waals surface area contributed by atoms with Crippen molar-refractivity contribution in [2.45, 2.75) is 145 Å². The minimum atomic E-state index is -0.698. The van der Waals surface area contributed by atoms with Gasteiger partial charge in [-0.15, -0.1) is 0 Å². The Labute approximate surface area is 184 Å². The zero-order valence-corrected chi connectivity index (χ0v) is 22.5. The number of rotatable bonds is 12. The Bertz CT molecular complexity index is 509. The predicted molar refractivity (Wildman–Crippen MR) is 130 cm³/mol. The molecule has 3 heteroatoms. The maximum absolute atomic E-state index is 10.3. The van der Waals surface area contributed by atoms with Gasteiger partial charge in [0, 0.05) is 16.6 Å². The van der Waals surface area contributed by atoms with Gasteiger partial charge in [0.2, 0.25) is 0 Å². The number of aliphatic hydroxyl groups is 1. The summed E-state index contributed by atoms with van der Waals surface area (Å²) in [5.41, 5.74) is 6.14. The summed E-state index contributed by atoms with van der Waals surface area (Å²) in [5.74, 6) is 1.17. The van der Waals surface area contributed by atoms with Gasteiger partial charge in [-0.25, -0.2) is 0 Å². The fourth-order valence-corrected chi connectivity index (χ4v) is 6.66. The van der Waals surface area contributed by atoms with Crippen molar-refractivity contribution in [2.75, 3.05) is 0 Å². The highest BCUT2D eigenvalue weighted by Crippen LogP contribution is 2.52. The molecule has 0 fully saturated rings. The molecule has 0 amide bonds. The summed E-state index contributed by atoms with van der Waals surface area (Å²) in [6.07, 6.45) is 3.81. The summed E-state index contributed by atoms with van der Waals surface area (Å²) in [4.78, 5) is 0. The van der Waals surface area contributed by atoms with Gasteiger partial charge in [0.15, 0.2) is 0 Å². The molecule has 0 aromatic carbocycles. The van der Waals surface area contributed by atoms with Crippen molar-refractivity contribution in [3.05, 3.63) is 0 Å². The van der Waals surface area contributed by atoms with Crippen LogP contribution in [0.2, 0.25) is 0 Å². The van der Waals surface area contributed by atoms with Gasteiger partial charge in [-0.1, -0.05) is 55.4 Å². The first kappa shape index (κ1) is 28.9. The molecule has 3 nitrogen and oxygen atoms in total. The van der Waals surface area contributed by atoms with Crippen LogP contribution in [0.1, 0.15) is 123 Å². The van der Waals surface area contributed by atoms with Crippen LogP contribution in [0, 0.1) is 22.7 Å². The summed E-state index contributed by atoms with van der Waals surface area (Å²) in [7, 11) is 0. The third-order valence-corrected chi connectivity index (χ3v) is 6.50. The van der Waals surface area contributed by atoms with E-state index in [4.69, 9.17) is 5.73 Å². The Morgan fingerprint density at radius 2 is 1.03 bits per heavy atom. The second-order valence-electron chi connectivity index (χ2n) is 14.0. The molecule has 0 aliphatic heterocycles. The van der Waals surface area contributed by atoms with E-state index in [-0.39, 0.29) is 27.4 Å². The highest BCUT2D eigenvalue weighted by atomic mass is 16.3. The third-order valence-electron chi connectivity index (χ3n) is 6.50. The molecule has 0 bridgehead atoms. The average Bonchev–Trinajstić information content (AvgIpc) is 2.28. The van der Waals surface area contributed by atoms with Gasteiger partial charge in [0.25, 0.3) is 0 Å². The normalized spacial score (nSPS) is 17.2. The van der Waals surface area contributed by atoms with Crippen molar-refractivity contribution in [2.24, 2.45) is 28.4 Å². The number of nitrogens with two attached hydrogens (primary N) is 1. The van der Waals surface area contributed by atoms with Gasteiger partial charge in [-0.3, -0.25) is 0 Å². The van der Waals surface area contributed by atoms with E-state index in [1.807, 2.05) is 13.8 Å². The largest absolute Gasteiger partial charge is 0.390 e. The monoisotopic (exact) mass is 412 g/mol. The first-order chi connectivity index (χ1) is 12.5. The average molecular weight is 413 g/mol. The Morgan fingerprint density at radius 3 is 1.38 bits per heavy atom. The lowest BCUT2D eigenvalue weighted by Crippen LogP contribution is -2.66. The standard InChI is InChI=1S/C26H56N2O/c1-19(2)15-21(5,6)26(27,16-20(3)4)22(7,8)17-23(9,10)28-24(11,12)18-25(13,14)29/h19-20,28-29H,15-18,27H2,1-14H3. The van der Waals surface area contributed by atoms with Crippen molar-refractivity contribution >= 4 is 0 Å². The molecule has 0 saturated heterocycles. The van der Waals surface area contributed by atoms with Crippen molar-refractivity contribution in [1.82, 2.24) is 5.32 Å². The van der Waals surface area contributed by atoms with Crippen molar-refractivity contribution in [1.29, 1.82) is 0 Å². The predicted octanol–water partition coefficient (Wildman–Crippen LogP) is 6.53. The lowest BCUT2D eigenvalue weighted by atomic mass is 9.52. The topological polar surface area (TPSA) is 58.3 Å². The smallest absolute Gasteiger partial charge is 0.0609 e. The molecular weight excluding hydrogens is 356 g/mol. The number of nitrogens with one attached hydrogen (secondary N) is 1. The quantitative estimate of drug-likeness (QED) is 0.341. The fourth-order valence-electron chi connectivity index (χ4n) is 6.66. The van der Waals surface area contributed by atoms with Crippen LogP contribution in [0.3, 0.4) is 0 Å². The van der Waals surface area contributed by atoms with Crippen molar-refractivity contribution < 1.29 is 5.11 Å². The van der Waals surface area contributed by atoms with E-state index < -0.39 is 5.60 Å². The summed E-state index contributed by atoms with van der Waals surface area (Å²) in [6.45, 7) is 31.4. The van der Waals surface area contributed by atoms with Crippen LogP contribution >= 0.6 is 0 Å². The Morgan fingerprint density at radius 1 is 0.655 bits per heavy atom. The SMILES string of the molecule is CC(C)CC(C)(C)C(N)(CC(C)C)C(C)(C)CC(C)(C)NC(C)(C)CC(C)(C)O. The molecule has 0 aromatic rings. The van der Waals surface area contributed by atoms with Crippen LogP contribution in [-0.2, 0) is 0 Å². The molecule has 0 radical (unpaired) electrons. The van der Waals surface area contributed by atoms with Crippen LogP contribution in [-0.4, -0.2) is 27.3 Å². The Balaban J connectivity index is 5.87. The summed E-state index contributed by atoms with van der Waals surface area (Å²) >= 11 is 0. The van der Waals surface area contributed by atoms with Gasteiger partial charge < -0.3 is 16.2 Å². The molecule has 0 saturated carbocycles. The number of hydrogen-bond donors (Lipinski definition) is 3. The first-order valence-electron chi connectivity index (χ1n) is 11.8. The van der Waals surface area contributed by atoms with Crippen LogP contribution in [0.15, 0.2) is 0 Å². The second kappa shape index (κ2) is 9.17. The van der Waals surface area contributed by atoms with Crippen LogP contribution < -0.4 is 11.1 Å². The zero-order valence-electron chi connectivity index (χ0n) is 22.5. The minimum absolute atomic E-state index is 0.0353. The van der Waals surface area contributed by atoms with E-state index in [0.29, 0.717) is 18.3 Å². The minimum Gasteiger partial charge on any atom is -0.390 e. The van der Waals surface area contributed by atoms with E-state index >= 15 is 0 Å². The molecular formula is C26H56N2O. The summed E-state index contributed by atoms with van der Waals surface area (Å²) in [5, 5.41) is 14.2. The van der Waals surface area contributed by atoms with Gasteiger partial charge in [-0.2, -0.15) is 0 Å². The molecule has 0 spiro atoms. The van der Waals surface area contributed by atoms with Gasteiger partial charge in [0.1, 0.15) is 0 Å². The molecule has 0 heterocycles. The van der Waals surface area contributed by atoms with Gasteiger partial charge >= 0.3 is 0 Å². The lowest BCUT2D eigenvalue weighted by molar-refractivity contribution is -0.0222. The molecule has 29 heavy (non-hydrogen) atoms. The molecule has 4 N–H and O–H groups in total. The number of hydrogen-bond acceptors (Lipinski definition) is 3. The van der Waals surface area contributed by atoms with Crippen molar-refractivity contribution in [3.63, 3.8) is 0 Å². The first-order valence-corrected chi connectivity index (χ1v) is 11.8. The third kappa shape index (κ3) is 8.87. The highest BCUT2D eigenvalue weighted by Gasteiger charge is 2.53. The lowest BCUT2D eigenvalue weighted by Gasteiger charge is -2.58. The summed E-state index contributed by atoms with van der Waals surface area (Å²) in [6, 6.07) is 0. The van der Waals surface area contributed by atoms with Gasteiger partial charge in [-0.05, 0) is 89.9 Å². The molecule has 0 aliphatic carbocycles. The Kier molecular flexibility index (Phi) is 9.13. The second-order valence-corrected chi connectivity index (χ2v) is 14.0. The molecule has 1 unspecified atom stereocenters. The maximum atomic E-state index is 10.3. The zero-order chi connectivity index (χ0) is 23.7. The molecule has 0 aliphatic rings. The molecule has 176 valence electrons. The summed E-state index contributed by atoms with van der Waals surface area (Å²) < 4.78 is 0. The van der Waals surface area contributed by atoms with E-state index in [2.05, 4.69) is 88.4 Å². The van der Waals surface area contributed by atoms with Gasteiger partial charge in [0.05, 0.1) is 5.60 Å².